The predicted octanol–water partition coefficient (Wildman–Crippen LogP) is -13.1. The van der Waals surface area contributed by atoms with E-state index < -0.39 is 25.2 Å². The Morgan fingerprint density at radius 3 is 1.13 bits per heavy atom. The van der Waals surface area contributed by atoms with E-state index in [2.05, 4.69) is 0 Å². The molecule has 0 aromatic carbocycles. The Balaban J connectivity index is -0.0000000424. The van der Waals surface area contributed by atoms with Gasteiger partial charge in [-0.25, -0.2) is 0 Å². The fourth-order valence-corrected chi connectivity index (χ4v) is 0.106. The van der Waals surface area contributed by atoms with Gasteiger partial charge in [0.2, 0.25) is 0 Å². The number of hydrogen-bond donors (Lipinski definition) is 2. The topological polar surface area (TPSA) is 144 Å². The molecule has 0 bridgehead atoms. The molecule has 0 heterocycles. The molecule has 0 aliphatic carbocycles. The van der Waals surface area contributed by atoms with E-state index >= 15 is 0 Å². The smallest absolute Gasteiger partial charge is 0.907 e. The van der Waals surface area contributed by atoms with Gasteiger partial charge in [-0.2, -0.15) is 0 Å². The van der Waals surface area contributed by atoms with Crippen molar-refractivity contribution in [2.24, 2.45) is 5.92 Å². The first-order chi connectivity index (χ1) is 5.29. The molecule has 0 spiro atoms. The molecule has 0 amide bonds. The maximum atomic E-state index is 9.76. The van der Waals surface area contributed by atoms with Gasteiger partial charge in [-0.05, 0) is 6.92 Å². The number of hydrogen-bond acceptors (Lipinski definition) is 5. The molecule has 0 rings (SSSR count). The van der Waals surface area contributed by atoms with Crippen LogP contribution in [0.15, 0.2) is 0 Å². The van der Waals surface area contributed by atoms with Crippen LogP contribution in [0.4, 0.5) is 0 Å². The first-order valence-electron chi connectivity index (χ1n) is 2.72. The van der Waals surface area contributed by atoms with Crippen molar-refractivity contribution in [2.75, 3.05) is 0 Å². The average Bonchev–Trinajstić information content (AvgIpc) is 1.84. The second kappa shape index (κ2) is 17.1. The number of aliphatic carboxylic acids is 2. The van der Waals surface area contributed by atoms with Crippen LogP contribution in [0.3, 0.4) is 0 Å². The monoisotopic (exact) mass is 198 g/mol. The summed E-state index contributed by atoms with van der Waals surface area (Å²) >= 11 is 0. The second-order valence-electron chi connectivity index (χ2n) is 1.69. The fraction of sp³-hybridized carbons (Fsp3) is 0.500. The molecule has 7 nitrogen and oxygen atoms in total. The number of carboxylic acid groups (broad SMARTS) is 2. The molecule has 0 aromatic rings. The molecule has 0 aliphatic heterocycles. The number of rotatable bonds is 2. The Hall–Kier alpha value is 0.677. The summed E-state index contributed by atoms with van der Waals surface area (Å²) in [5.74, 6) is -3.91. The van der Waals surface area contributed by atoms with Gasteiger partial charge in [0.05, 0.1) is 0 Å². The first kappa shape index (κ1) is 29.6. The molecule has 0 aromatic heterocycles. The summed E-state index contributed by atoms with van der Waals surface area (Å²) in [6.07, 6.45) is 0. The quantitative estimate of drug-likeness (QED) is 0.330. The summed E-state index contributed by atoms with van der Waals surface area (Å²) in [6, 6.07) is 0. The van der Waals surface area contributed by atoms with Gasteiger partial charge in [-0.3, -0.25) is 16.9 Å². The number of carboxylic acids is 2. The molecule has 0 fully saturated rings. The van der Waals surface area contributed by atoms with Gasteiger partial charge in [0.15, 0.2) is 5.92 Å². The third-order valence-electron chi connectivity index (χ3n) is 0.741. The standard InChI is InChI=1S/C4H6O4.BO3.3Li/c1-2(3(5)6)4(7)8;2-1(3)4;;;/h2H,1H3,(H,5,6)(H,7,8);;;;/q;-3;3*+1. The maximum Gasteiger partial charge on any atom is 1.00 e. The minimum atomic E-state index is -2.92. The number of carbonyl (C=O) groups is 2. The molecule has 0 atom stereocenters. The molecule has 0 radical (unpaired) electrons. The summed E-state index contributed by atoms with van der Waals surface area (Å²) < 4.78 is 0. The zero-order chi connectivity index (χ0) is 10.3. The Bertz CT molecular complexity index is 150. The molecule has 0 unspecified atom stereocenters. The minimum Gasteiger partial charge on any atom is -0.907 e. The zero-order valence-corrected chi connectivity index (χ0v) is 9.09. The van der Waals surface area contributed by atoms with Gasteiger partial charge >= 0.3 is 68.5 Å². The molecular weight excluding hydrogens is 192 g/mol. The van der Waals surface area contributed by atoms with E-state index in [1.165, 1.54) is 0 Å². The van der Waals surface area contributed by atoms with Gasteiger partial charge in [-0.15, -0.1) is 0 Å². The van der Waals surface area contributed by atoms with Gasteiger partial charge in [-0.1, -0.05) is 0 Å². The van der Waals surface area contributed by atoms with E-state index in [1.807, 2.05) is 0 Å². The summed E-state index contributed by atoms with van der Waals surface area (Å²) in [6.45, 7) is 1.12. The van der Waals surface area contributed by atoms with Crippen LogP contribution >= 0.6 is 0 Å². The molecule has 0 saturated carbocycles. The van der Waals surface area contributed by atoms with E-state index in [-0.39, 0.29) is 56.6 Å². The summed E-state index contributed by atoms with van der Waals surface area (Å²) in [4.78, 5) is 19.5. The molecular formula is C4H6BLi3O7. The molecule has 70 valence electrons. The van der Waals surface area contributed by atoms with Crippen molar-refractivity contribution in [3.05, 3.63) is 0 Å². The van der Waals surface area contributed by atoms with Crippen LogP contribution in [-0.4, -0.2) is 29.5 Å². The van der Waals surface area contributed by atoms with Crippen molar-refractivity contribution in [1.82, 2.24) is 0 Å². The fourth-order valence-electron chi connectivity index (χ4n) is 0.106. The molecule has 0 aliphatic rings. The summed E-state index contributed by atoms with van der Waals surface area (Å²) in [7, 11) is -2.92. The van der Waals surface area contributed by atoms with Gasteiger partial charge in [0, 0.05) is 0 Å². The molecule has 11 heteroatoms. The van der Waals surface area contributed by atoms with Crippen LogP contribution in [0.5, 0.6) is 0 Å². The Morgan fingerprint density at radius 2 is 1.13 bits per heavy atom. The largest absolute Gasteiger partial charge is 1.00 e. The predicted molar refractivity (Wildman–Crippen MR) is 30.2 cm³/mol. The van der Waals surface area contributed by atoms with Crippen molar-refractivity contribution in [3.8, 4) is 0 Å². The van der Waals surface area contributed by atoms with Crippen molar-refractivity contribution in [2.45, 2.75) is 6.92 Å². The van der Waals surface area contributed by atoms with Crippen molar-refractivity contribution in [3.63, 3.8) is 0 Å². The van der Waals surface area contributed by atoms with Crippen LogP contribution in [-0.2, 0) is 9.59 Å². The van der Waals surface area contributed by atoms with E-state index in [4.69, 9.17) is 25.3 Å². The third kappa shape index (κ3) is 31.3. The van der Waals surface area contributed by atoms with Crippen LogP contribution in [0.25, 0.3) is 0 Å². The molecule has 0 saturated heterocycles. The summed E-state index contributed by atoms with van der Waals surface area (Å²) in [5, 5.41) is 41.2. The molecule has 2 N–H and O–H groups in total. The van der Waals surface area contributed by atoms with Gasteiger partial charge in [0.25, 0.3) is 0 Å². The normalized spacial score (nSPS) is 6.73. The average molecular weight is 198 g/mol. The minimum absolute atomic E-state index is 0. The Kier molecular flexibility index (Phi) is 33.7. The van der Waals surface area contributed by atoms with Crippen molar-refractivity contribution in [1.29, 1.82) is 0 Å². The van der Waals surface area contributed by atoms with E-state index in [0.29, 0.717) is 0 Å². The Labute approximate surface area is 123 Å². The van der Waals surface area contributed by atoms with Crippen molar-refractivity contribution < 1.29 is 91.5 Å². The van der Waals surface area contributed by atoms with E-state index in [0.717, 1.165) is 6.92 Å². The maximum absolute atomic E-state index is 9.76. The SMILES string of the molecule is CC(C(=O)O)C(=O)O.[Li+].[Li+].[Li+].[O-]B([O-])[O-]. The van der Waals surface area contributed by atoms with Gasteiger partial charge in [0.1, 0.15) is 0 Å². The second-order valence-corrected chi connectivity index (χ2v) is 1.69. The zero-order valence-electron chi connectivity index (χ0n) is 9.09. The van der Waals surface area contributed by atoms with E-state index in [1.54, 1.807) is 0 Å². The molecule has 15 heavy (non-hydrogen) atoms. The van der Waals surface area contributed by atoms with Gasteiger partial charge < -0.3 is 25.3 Å². The van der Waals surface area contributed by atoms with E-state index in [9.17, 15) is 9.59 Å². The first-order valence-corrected chi connectivity index (χ1v) is 2.72. The van der Waals surface area contributed by atoms with Crippen molar-refractivity contribution >= 4 is 19.3 Å². The summed E-state index contributed by atoms with van der Waals surface area (Å²) in [5.41, 5.74) is 0. The van der Waals surface area contributed by atoms with Crippen LogP contribution < -0.4 is 71.7 Å². The van der Waals surface area contributed by atoms with Crippen LogP contribution in [0.1, 0.15) is 6.92 Å². The van der Waals surface area contributed by atoms with Crippen LogP contribution in [0, 0.1) is 5.92 Å². The van der Waals surface area contributed by atoms with Crippen LogP contribution in [0.2, 0.25) is 0 Å². The Morgan fingerprint density at radius 1 is 1.00 bits per heavy atom. The third-order valence-corrected chi connectivity index (χ3v) is 0.741.